The number of benzene rings is 1. The van der Waals surface area contributed by atoms with Gasteiger partial charge < -0.3 is 10.3 Å². The van der Waals surface area contributed by atoms with E-state index in [0.717, 1.165) is 16.5 Å². The minimum atomic E-state index is -0.0326. The summed E-state index contributed by atoms with van der Waals surface area (Å²) in [5.41, 5.74) is 8.02. The standard InChI is InChI=1S/C12H13ClN2O/c1-7-9-5-8(13)3-4-11(9)15(2)12(16)10(7)6-14/h3-5H,6,14H2,1-2H3. The van der Waals surface area contributed by atoms with Crippen molar-refractivity contribution in [3.63, 3.8) is 0 Å². The fourth-order valence-corrected chi connectivity index (χ4v) is 2.15. The topological polar surface area (TPSA) is 48.0 Å². The van der Waals surface area contributed by atoms with Crippen molar-refractivity contribution in [2.24, 2.45) is 12.8 Å². The second-order valence-corrected chi connectivity index (χ2v) is 4.27. The first-order chi connectivity index (χ1) is 7.56. The van der Waals surface area contributed by atoms with Crippen molar-refractivity contribution in [2.45, 2.75) is 13.5 Å². The summed E-state index contributed by atoms with van der Waals surface area (Å²) >= 11 is 5.96. The van der Waals surface area contributed by atoms with Crippen LogP contribution in [0, 0.1) is 6.92 Å². The summed E-state index contributed by atoms with van der Waals surface area (Å²) in [6.07, 6.45) is 0. The number of aryl methyl sites for hydroxylation is 2. The lowest BCUT2D eigenvalue weighted by Crippen LogP contribution is -2.24. The van der Waals surface area contributed by atoms with Crippen LogP contribution in [-0.4, -0.2) is 4.57 Å². The fourth-order valence-electron chi connectivity index (χ4n) is 1.98. The molecule has 1 heterocycles. The Morgan fingerprint density at radius 2 is 2.12 bits per heavy atom. The van der Waals surface area contributed by atoms with Crippen molar-refractivity contribution in [1.29, 1.82) is 0 Å². The summed E-state index contributed by atoms with van der Waals surface area (Å²) in [5.74, 6) is 0. The predicted octanol–water partition coefficient (Wildman–Crippen LogP) is 1.96. The van der Waals surface area contributed by atoms with E-state index in [-0.39, 0.29) is 12.1 Å². The highest BCUT2D eigenvalue weighted by molar-refractivity contribution is 6.31. The van der Waals surface area contributed by atoms with Gasteiger partial charge >= 0.3 is 0 Å². The van der Waals surface area contributed by atoms with Gasteiger partial charge in [-0.1, -0.05) is 11.6 Å². The van der Waals surface area contributed by atoms with Crippen LogP contribution in [0.4, 0.5) is 0 Å². The molecule has 2 aromatic rings. The zero-order valence-corrected chi connectivity index (χ0v) is 10.0. The lowest BCUT2D eigenvalue weighted by atomic mass is 10.0. The number of nitrogens with two attached hydrogens (primary N) is 1. The average Bonchev–Trinajstić information content (AvgIpc) is 2.27. The molecule has 0 spiro atoms. The first-order valence-corrected chi connectivity index (χ1v) is 5.42. The van der Waals surface area contributed by atoms with E-state index in [2.05, 4.69) is 0 Å². The number of pyridine rings is 1. The van der Waals surface area contributed by atoms with E-state index in [1.165, 1.54) is 0 Å². The van der Waals surface area contributed by atoms with Crippen molar-refractivity contribution < 1.29 is 0 Å². The van der Waals surface area contributed by atoms with Crippen molar-refractivity contribution >= 4 is 22.5 Å². The van der Waals surface area contributed by atoms with E-state index < -0.39 is 0 Å². The van der Waals surface area contributed by atoms with Crippen LogP contribution in [0.2, 0.25) is 5.02 Å². The Bertz CT molecular complexity index is 616. The van der Waals surface area contributed by atoms with Gasteiger partial charge in [0.15, 0.2) is 0 Å². The summed E-state index contributed by atoms with van der Waals surface area (Å²) in [6.45, 7) is 2.16. The smallest absolute Gasteiger partial charge is 0.255 e. The lowest BCUT2D eigenvalue weighted by molar-refractivity contribution is 0.862. The van der Waals surface area contributed by atoms with Crippen LogP contribution in [0.1, 0.15) is 11.1 Å². The summed E-state index contributed by atoms with van der Waals surface area (Å²) in [7, 11) is 1.75. The van der Waals surface area contributed by atoms with Crippen LogP contribution in [0.5, 0.6) is 0 Å². The van der Waals surface area contributed by atoms with Gasteiger partial charge in [0.25, 0.3) is 5.56 Å². The monoisotopic (exact) mass is 236 g/mol. The molecule has 0 unspecified atom stereocenters. The number of rotatable bonds is 1. The van der Waals surface area contributed by atoms with E-state index in [1.54, 1.807) is 17.7 Å². The maximum Gasteiger partial charge on any atom is 0.255 e. The molecule has 0 bridgehead atoms. The normalized spacial score (nSPS) is 11.0. The Morgan fingerprint density at radius 1 is 1.44 bits per heavy atom. The van der Waals surface area contributed by atoms with E-state index in [0.29, 0.717) is 10.6 Å². The molecule has 1 aromatic heterocycles. The summed E-state index contributed by atoms with van der Waals surface area (Å²) in [4.78, 5) is 12.0. The number of aromatic nitrogens is 1. The van der Waals surface area contributed by atoms with Crippen molar-refractivity contribution in [2.75, 3.05) is 0 Å². The molecule has 0 saturated heterocycles. The van der Waals surface area contributed by atoms with Gasteiger partial charge in [0.2, 0.25) is 0 Å². The van der Waals surface area contributed by atoms with Gasteiger partial charge in [0, 0.05) is 29.6 Å². The van der Waals surface area contributed by atoms with Crippen molar-refractivity contribution in [3.05, 3.63) is 44.7 Å². The maximum absolute atomic E-state index is 12.0. The molecule has 2 rings (SSSR count). The molecule has 84 valence electrons. The molecular weight excluding hydrogens is 224 g/mol. The first-order valence-electron chi connectivity index (χ1n) is 5.04. The number of nitrogens with zero attached hydrogens (tertiary/aromatic N) is 1. The van der Waals surface area contributed by atoms with Gasteiger partial charge in [0.05, 0.1) is 5.52 Å². The van der Waals surface area contributed by atoms with Crippen LogP contribution < -0.4 is 11.3 Å². The zero-order valence-electron chi connectivity index (χ0n) is 9.25. The third-order valence-corrected chi connectivity index (χ3v) is 3.18. The molecule has 0 radical (unpaired) electrons. The molecular formula is C12H13ClN2O. The van der Waals surface area contributed by atoms with E-state index in [4.69, 9.17) is 17.3 Å². The van der Waals surface area contributed by atoms with Gasteiger partial charge in [-0.05, 0) is 30.7 Å². The second kappa shape index (κ2) is 3.92. The number of fused-ring (bicyclic) bond motifs is 1. The molecule has 0 amide bonds. The Labute approximate surface area is 98.4 Å². The molecule has 0 atom stereocenters. The number of halogens is 1. The maximum atomic E-state index is 12.0. The second-order valence-electron chi connectivity index (χ2n) is 3.83. The SMILES string of the molecule is Cc1c(CN)c(=O)n(C)c2ccc(Cl)cc12. The third-order valence-electron chi connectivity index (χ3n) is 2.94. The molecule has 0 aliphatic heterocycles. The van der Waals surface area contributed by atoms with E-state index in [1.807, 2.05) is 19.1 Å². The highest BCUT2D eigenvalue weighted by Crippen LogP contribution is 2.22. The molecule has 2 N–H and O–H groups in total. The minimum Gasteiger partial charge on any atom is -0.326 e. The highest BCUT2D eigenvalue weighted by Gasteiger charge is 2.10. The van der Waals surface area contributed by atoms with Crippen LogP contribution in [-0.2, 0) is 13.6 Å². The molecule has 1 aromatic carbocycles. The van der Waals surface area contributed by atoms with E-state index >= 15 is 0 Å². The summed E-state index contributed by atoms with van der Waals surface area (Å²) in [5, 5.41) is 1.65. The largest absolute Gasteiger partial charge is 0.326 e. The third kappa shape index (κ3) is 1.52. The van der Waals surface area contributed by atoms with Crippen LogP contribution in [0.15, 0.2) is 23.0 Å². The van der Waals surface area contributed by atoms with Crippen molar-refractivity contribution in [3.8, 4) is 0 Å². The first kappa shape index (κ1) is 11.2. The molecule has 0 aliphatic rings. The van der Waals surface area contributed by atoms with E-state index in [9.17, 15) is 4.79 Å². The quantitative estimate of drug-likeness (QED) is 0.823. The average molecular weight is 237 g/mol. The Balaban J connectivity index is 3.02. The molecule has 0 fully saturated rings. The molecule has 0 saturated carbocycles. The van der Waals surface area contributed by atoms with Crippen LogP contribution >= 0.6 is 11.6 Å². The number of hydrogen-bond donors (Lipinski definition) is 1. The fraction of sp³-hybridized carbons (Fsp3) is 0.250. The predicted molar refractivity (Wildman–Crippen MR) is 66.8 cm³/mol. The van der Waals surface area contributed by atoms with Crippen LogP contribution in [0.3, 0.4) is 0 Å². The Kier molecular flexibility index (Phi) is 2.74. The number of hydrogen-bond acceptors (Lipinski definition) is 2. The zero-order chi connectivity index (χ0) is 11.9. The lowest BCUT2D eigenvalue weighted by Gasteiger charge is -2.11. The van der Waals surface area contributed by atoms with Crippen LogP contribution in [0.25, 0.3) is 10.9 Å². The van der Waals surface area contributed by atoms with Gasteiger partial charge in [0.1, 0.15) is 0 Å². The van der Waals surface area contributed by atoms with Gasteiger partial charge in [-0.25, -0.2) is 0 Å². The van der Waals surface area contributed by atoms with Gasteiger partial charge in [-0.15, -0.1) is 0 Å². The molecule has 0 aliphatic carbocycles. The summed E-state index contributed by atoms with van der Waals surface area (Å²) < 4.78 is 1.61. The molecule has 4 heteroatoms. The van der Waals surface area contributed by atoms with Gasteiger partial charge in [-0.3, -0.25) is 4.79 Å². The summed E-state index contributed by atoms with van der Waals surface area (Å²) in [6, 6.07) is 5.50. The highest BCUT2D eigenvalue weighted by atomic mass is 35.5. The minimum absolute atomic E-state index is 0.0326. The Morgan fingerprint density at radius 3 is 2.75 bits per heavy atom. The van der Waals surface area contributed by atoms with Gasteiger partial charge in [-0.2, -0.15) is 0 Å². The Hall–Kier alpha value is -1.32. The molecule has 3 nitrogen and oxygen atoms in total. The van der Waals surface area contributed by atoms with Crippen molar-refractivity contribution in [1.82, 2.24) is 4.57 Å². The molecule has 16 heavy (non-hydrogen) atoms.